The fourth-order valence-electron chi connectivity index (χ4n) is 3.38. The lowest BCUT2D eigenvalue weighted by Gasteiger charge is -2.25. The van der Waals surface area contributed by atoms with Gasteiger partial charge in [-0.2, -0.15) is 5.10 Å². The minimum atomic E-state index is 0.202. The van der Waals surface area contributed by atoms with E-state index in [0.717, 1.165) is 22.5 Å². The van der Waals surface area contributed by atoms with Crippen molar-refractivity contribution in [2.45, 2.75) is 26.4 Å². The van der Waals surface area contributed by atoms with Gasteiger partial charge in [-0.15, -0.1) is 5.12 Å². The van der Waals surface area contributed by atoms with Gasteiger partial charge in [-0.05, 0) is 26.0 Å². The molecule has 0 amide bonds. The molecule has 3 heterocycles. The molecule has 9 nitrogen and oxygen atoms in total. The molecule has 2 aromatic heterocycles. The van der Waals surface area contributed by atoms with E-state index in [4.69, 9.17) is 10.5 Å². The predicted octanol–water partition coefficient (Wildman–Crippen LogP) is 2.16. The molecule has 28 heavy (non-hydrogen) atoms. The smallest absolute Gasteiger partial charge is 0.221 e. The van der Waals surface area contributed by atoms with Crippen LogP contribution in [0.4, 0.5) is 5.95 Å². The van der Waals surface area contributed by atoms with Crippen LogP contribution in [0.1, 0.15) is 31.3 Å². The minimum absolute atomic E-state index is 0.202. The van der Waals surface area contributed by atoms with Crippen molar-refractivity contribution < 1.29 is 4.74 Å². The van der Waals surface area contributed by atoms with Crippen LogP contribution in [0.25, 0.3) is 16.6 Å². The summed E-state index contributed by atoms with van der Waals surface area (Å²) in [5.74, 6) is 0.867. The Balaban J connectivity index is 1.72. The van der Waals surface area contributed by atoms with E-state index in [2.05, 4.69) is 39.3 Å². The summed E-state index contributed by atoms with van der Waals surface area (Å²) in [5, 5.41) is 9.26. The van der Waals surface area contributed by atoms with Crippen molar-refractivity contribution in [3.05, 3.63) is 48.1 Å². The number of hydrazine groups is 2. The number of methoxy groups -OCH3 is 1. The molecule has 3 aromatic rings. The first-order valence-corrected chi connectivity index (χ1v) is 9.09. The number of aromatic nitrogens is 4. The van der Waals surface area contributed by atoms with Gasteiger partial charge in [0.2, 0.25) is 5.95 Å². The van der Waals surface area contributed by atoms with Gasteiger partial charge < -0.3 is 10.5 Å². The highest BCUT2D eigenvalue weighted by molar-refractivity contribution is 5.93. The lowest BCUT2D eigenvalue weighted by molar-refractivity contribution is 0.0293. The summed E-state index contributed by atoms with van der Waals surface area (Å²) in [6, 6.07) is 8.07. The number of nitrogen functional groups attached to an aromatic ring is 1. The van der Waals surface area contributed by atoms with E-state index in [0.29, 0.717) is 23.9 Å². The third-order valence-corrected chi connectivity index (χ3v) is 4.69. The normalized spacial score (nSPS) is 14.6. The van der Waals surface area contributed by atoms with Crippen LogP contribution in [0.5, 0.6) is 5.75 Å². The molecule has 0 bridgehead atoms. The Labute approximate surface area is 163 Å². The third kappa shape index (κ3) is 3.09. The van der Waals surface area contributed by atoms with E-state index in [9.17, 15) is 0 Å². The summed E-state index contributed by atoms with van der Waals surface area (Å²) in [5.41, 5.74) is 12.7. The van der Waals surface area contributed by atoms with Crippen LogP contribution in [-0.4, -0.2) is 44.0 Å². The van der Waals surface area contributed by atoms with Crippen molar-refractivity contribution in [3.8, 4) is 5.75 Å². The second-order valence-corrected chi connectivity index (χ2v) is 6.92. The maximum Gasteiger partial charge on any atom is 0.221 e. The summed E-state index contributed by atoms with van der Waals surface area (Å²) in [4.78, 5) is 8.84. The second kappa shape index (κ2) is 7.01. The molecule has 1 aliphatic rings. The summed E-state index contributed by atoms with van der Waals surface area (Å²) >= 11 is 0. The van der Waals surface area contributed by atoms with Gasteiger partial charge in [-0.1, -0.05) is 12.1 Å². The first-order valence-electron chi connectivity index (χ1n) is 9.09. The number of benzene rings is 1. The monoisotopic (exact) mass is 380 g/mol. The molecule has 3 N–H and O–H groups in total. The van der Waals surface area contributed by atoms with Crippen LogP contribution >= 0.6 is 0 Å². The Morgan fingerprint density at radius 2 is 2.04 bits per heavy atom. The largest absolute Gasteiger partial charge is 0.494 e. The zero-order chi connectivity index (χ0) is 19.8. The topological polar surface area (TPSA) is 97.4 Å². The highest BCUT2D eigenvalue weighted by atomic mass is 16.5. The first kappa shape index (κ1) is 18.1. The Hall–Kier alpha value is -3.33. The quantitative estimate of drug-likeness (QED) is 0.695. The van der Waals surface area contributed by atoms with Gasteiger partial charge in [0.1, 0.15) is 17.0 Å². The zero-order valence-electron chi connectivity index (χ0n) is 16.4. The van der Waals surface area contributed by atoms with Crippen molar-refractivity contribution in [1.82, 2.24) is 35.3 Å². The number of ether oxygens (including phenoxy) is 1. The number of fused-ring (bicyclic) bond motifs is 1. The number of nitrogens with two attached hydrogens (primary N) is 1. The van der Waals surface area contributed by atoms with Crippen LogP contribution in [0.2, 0.25) is 0 Å². The van der Waals surface area contributed by atoms with Crippen LogP contribution < -0.4 is 15.9 Å². The molecule has 0 aliphatic carbocycles. The predicted molar refractivity (Wildman–Crippen MR) is 108 cm³/mol. The fourth-order valence-corrected chi connectivity index (χ4v) is 3.38. The molecule has 4 rings (SSSR count). The highest BCUT2D eigenvalue weighted by Crippen LogP contribution is 2.30. The molecule has 146 valence electrons. The van der Waals surface area contributed by atoms with Gasteiger partial charge in [0.05, 0.1) is 25.0 Å². The van der Waals surface area contributed by atoms with Gasteiger partial charge in [0.25, 0.3) is 0 Å². The Kier molecular flexibility index (Phi) is 4.52. The van der Waals surface area contributed by atoms with Crippen molar-refractivity contribution in [3.63, 3.8) is 0 Å². The van der Waals surface area contributed by atoms with E-state index < -0.39 is 0 Å². The fraction of sp³-hybridized carbons (Fsp3) is 0.316. The standard InChI is InChI=1S/C19H24N8O/c1-12(2)27-13(8-9-21-27)10-26-11-15(24-25(26)3)17-14-6-5-7-16(28-4)18(14)23-19(20)22-17/h5-9,11-12,24H,10H2,1-4H3,(H2,20,22,23). The number of anilines is 1. The number of hydrogen-bond acceptors (Lipinski definition) is 8. The third-order valence-electron chi connectivity index (χ3n) is 4.69. The Morgan fingerprint density at radius 1 is 1.21 bits per heavy atom. The number of hydrogen-bond donors (Lipinski definition) is 2. The molecule has 9 heteroatoms. The molecule has 1 aromatic carbocycles. The molecular weight excluding hydrogens is 356 g/mol. The van der Waals surface area contributed by atoms with Gasteiger partial charge in [-0.25, -0.2) is 9.97 Å². The first-order chi connectivity index (χ1) is 13.5. The lowest BCUT2D eigenvalue weighted by Crippen LogP contribution is -2.38. The summed E-state index contributed by atoms with van der Waals surface area (Å²) in [6.07, 6.45) is 3.84. The molecule has 0 atom stereocenters. The van der Waals surface area contributed by atoms with Gasteiger partial charge in [0, 0.05) is 30.9 Å². The van der Waals surface area contributed by atoms with E-state index in [-0.39, 0.29) is 5.95 Å². The van der Waals surface area contributed by atoms with Gasteiger partial charge in [-0.3, -0.25) is 15.1 Å². The van der Waals surface area contributed by atoms with Crippen molar-refractivity contribution in [2.75, 3.05) is 19.9 Å². The zero-order valence-corrected chi connectivity index (χ0v) is 16.4. The van der Waals surface area contributed by atoms with Gasteiger partial charge >= 0.3 is 0 Å². The minimum Gasteiger partial charge on any atom is -0.494 e. The average Bonchev–Trinajstić information content (AvgIpc) is 3.28. The molecule has 0 saturated carbocycles. The van der Waals surface area contributed by atoms with Crippen LogP contribution in [0.3, 0.4) is 0 Å². The lowest BCUT2D eigenvalue weighted by atomic mass is 10.1. The van der Waals surface area contributed by atoms with Crippen LogP contribution in [0.15, 0.2) is 36.7 Å². The second-order valence-electron chi connectivity index (χ2n) is 6.92. The summed E-state index contributed by atoms with van der Waals surface area (Å²) < 4.78 is 7.45. The molecule has 1 aliphatic heterocycles. The molecule has 0 radical (unpaired) electrons. The number of rotatable bonds is 5. The van der Waals surface area contributed by atoms with Crippen LogP contribution in [0, 0.1) is 0 Å². The number of nitrogens with one attached hydrogen (secondary N) is 1. The van der Waals surface area contributed by atoms with Crippen molar-refractivity contribution in [2.24, 2.45) is 0 Å². The molecule has 0 fully saturated rings. The summed E-state index contributed by atoms with van der Waals surface area (Å²) in [7, 11) is 3.57. The molecule has 0 unspecified atom stereocenters. The number of para-hydroxylation sites is 1. The maximum atomic E-state index is 5.98. The Morgan fingerprint density at radius 3 is 2.79 bits per heavy atom. The van der Waals surface area contributed by atoms with Crippen molar-refractivity contribution in [1.29, 1.82) is 0 Å². The van der Waals surface area contributed by atoms with E-state index in [1.807, 2.05) is 53.5 Å². The average molecular weight is 380 g/mol. The van der Waals surface area contributed by atoms with E-state index in [1.54, 1.807) is 7.11 Å². The van der Waals surface area contributed by atoms with E-state index in [1.165, 1.54) is 0 Å². The molecular formula is C19H24N8O. The van der Waals surface area contributed by atoms with Crippen molar-refractivity contribution >= 4 is 22.5 Å². The van der Waals surface area contributed by atoms with Gasteiger partial charge in [0.15, 0.2) is 0 Å². The maximum absolute atomic E-state index is 5.98. The highest BCUT2D eigenvalue weighted by Gasteiger charge is 2.24. The summed E-state index contributed by atoms with van der Waals surface area (Å²) in [6.45, 7) is 4.91. The molecule has 0 spiro atoms. The number of nitrogens with zero attached hydrogens (tertiary/aromatic N) is 6. The molecule has 0 saturated heterocycles. The SMILES string of the molecule is COc1cccc2c(C3=CN(Cc4ccnn4C(C)C)N(C)N3)nc(N)nc12. The van der Waals surface area contributed by atoms with E-state index >= 15 is 0 Å². The Bertz CT molecular complexity index is 1040. The van der Waals surface area contributed by atoms with Crippen LogP contribution in [-0.2, 0) is 6.54 Å².